The van der Waals surface area contributed by atoms with Gasteiger partial charge < -0.3 is 9.47 Å². The fourth-order valence-electron chi connectivity index (χ4n) is 4.95. The Morgan fingerprint density at radius 1 is 1.13 bits per heavy atom. The quantitative estimate of drug-likeness (QED) is 0.505. The summed E-state index contributed by atoms with van der Waals surface area (Å²) < 4.78 is 11.0. The van der Waals surface area contributed by atoms with Gasteiger partial charge in [0.1, 0.15) is 5.75 Å². The Hall–Kier alpha value is -3.14. The third kappa shape index (κ3) is 3.71. The highest BCUT2D eigenvalue weighted by atomic mass is 16.5. The summed E-state index contributed by atoms with van der Waals surface area (Å²) in [5.74, 6) is 1.13. The van der Waals surface area contributed by atoms with Crippen molar-refractivity contribution >= 4 is 5.97 Å². The molecule has 158 valence electrons. The first-order valence-electron chi connectivity index (χ1n) is 11.1. The number of carbonyl (C=O) groups is 1. The zero-order valence-corrected chi connectivity index (χ0v) is 17.8. The second kappa shape index (κ2) is 8.18. The molecule has 0 unspecified atom stereocenters. The minimum Gasteiger partial charge on any atom is -0.493 e. The van der Waals surface area contributed by atoms with E-state index in [2.05, 4.69) is 53.5 Å². The van der Waals surface area contributed by atoms with E-state index in [1.807, 2.05) is 0 Å². The van der Waals surface area contributed by atoms with Crippen LogP contribution in [0.15, 0.2) is 67.0 Å². The number of methoxy groups -OCH3 is 1. The SMILES string of the molecule is COC(=O)c1ccncc1CC[C@@H]1CCOc2cc(C3(c4ccccc4)CC3)ccc21. The van der Waals surface area contributed by atoms with E-state index in [9.17, 15) is 4.79 Å². The Morgan fingerprint density at radius 3 is 2.74 bits per heavy atom. The molecule has 0 saturated heterocycles. The van der Waals surface area contributed by atoms with Crippen molar-refractivity contribution in [1.82, 2.24) is 4.98 Å². The van der Waals surface area contributed by atoms with Crippen LogP contribution in [0.4, 0.5) is 0 Å². The lowest BCUT2D eigenvalue weighted by molar-refractivity contribution is 0.0599. The fourth-order valence-corrected chi connectivity index (χ4v) is 4.95. The van der Waals surface area contributed by atoms with Crippen LogP contribution in [0.25, 0.3) is 0 Å². The standard InChI is InChI=1S/C27H27NO3/c1-30-26(29)24-11-15-28-18-20(24)8-7-19-12-16-31-25-17-22(9-10-23(19)25)27(13-14-27)21-5-3-2-4-6-21/h2-6,9-11,15,17-19H,7-8,12-14,16H2,1H3/t19-/m1/s1. The number of aromatic nitrogens is 1. The van der Waals surface area contributed by atoms with E-state index in [-0.39, 0.29) is 11.4 Å². The van der Waals surface area contributed by atoms with Gasteiger partial charge >= 0.3 is 5.97 Å². The van der Waals surface area contributed by atoms with Crippen LogP contribution in [0, 0.1) is 0 Å². The van der Waals surface area contributed by atoms with Gasteiger partial charge in [-0.1, -0.05) is 42.5 Å². The summed E-state index contributed by atoms with van der Waals surface area (Å²) in [5, 5.41) is 0. The molecule has 3 aromatic rings. The maximum absolute atomic E-state index is 12.1. The number of hydrogen-bond acceptors (Lipinski definition) is 4. The van der Waals surface area contributed by atoms with Crippen LogP contribution in [-0.2, 0) is 16.6 Å². The minimum absolute atomic E-state index is 0.151. The molecule has 1 aliphatic heterocycles. The topological polar surface area (TPSA) is 48.4 Å². The molecular formula is C27H27NO3. The lowest BCUT2D eigenvalue weighted by atomic mass is 9.83. The Balaban J connectivity index is 1.37. The van der Waals surface area contributed by atoms with E-state index in [1.165, 1.54) is 36.6 Å². The fraction of sp³-hybridized carbons (Fsp3) is 0.333. The lowest BCUT2D eigenvalue weighted by Crippen LogP contribution is -2.17. The predicted octanol–water partition coefficient (Wildman–Crippen LogP) is 5.45. The molecule has 0 bridgehead atoms. The largest absolute Gasteiger partial charge is 0.493 e. The van der Waals surface area contributed by atoms with Crippen LogP contribution in [0.5, 0.6) is 5.75 Å². The number of nitrogens with zero attached hydrogens (tertiary/aromatic N) is 1. The van der Waals surface area contributed by atoms with Crippen LogP contribution in [0.2, 0.25) is 0 Å². The first-order chi connectivity index (χ1) is 15.2. The Kier molecular flexibility index (Phi) is 5.23. The molecule has 2 heterocycles. The smallest absolute Gasteiger partial charge is 0.338 e. The van der Waals surface area contributed by atoms with Crippen molar-refractivity contribution in [3.05, 3.63) is 94.8 Å². The van der Waals surface area contributed by atoms with Crippen molar-refractivity contribution in [3.63, 3.8) is 0 Å². The van der Waals surface area contributed by atoms with Crippen molar-refractivity contribution < 1.29 is 14.3 Å². The van der Waals surface area contributed by atoms with E-state index < -0.39 is 0 Å². The van der Waals surface area contributed by atoms with Gasteiger partial charge in [0, 0.05) is 17.8 Å². The molecule has 4 heteroatoms. The van der Waals surface area contributed by atoms with Gasteiger partial charge in [-0.3, -0.25) is 4.98 Å². The number of pyridine rings is 1. The summed E-state index contributed by atoms with van der Waals surface area (Å²) in [7, 11) is 1.42. The molecule has 2 aliphatic rings. The Labute approximate surface area is 183 Å². The first kappa shape index (κ1) is 19.8. The number of fused-ring (bicyclic) bond motifs is 1. The normalized spacial score (nSPS) is 18.5. The number of rotatable bonds is 6. The molecule has 1 atom stereocenters. The number of aryl methyl sites for hydroxylation is 1. The van der Waals surface area contributed by atoms with Gasteiger partial charge in [0.25, 0.3) is 0 Å². The molecule has 1 saturated carbocycles. The third-order valence-corrected chi connectivity index (χ3v) is 6.88. The summed E-state index contributed by atoms with van der Waals surface area (Å²) in [4.78, 5) is 16.3. The summed E-state index contributed by atoms with van der Waals surface area (Å²) in [6.45, 7) is 0.732. The number of esters is 1. The predicted molar refractivity (Wildman–Crippen MR) is 120 cm³/mol. The second-order valence-electron chi connectivity index (χ2n) is 8.60. The van der Waals surface area contributed by atoms with Gasteiger partial charge in [-0.2, -0.15) is 0 Å². The average molecular weight is 414 g/mol. The highest BCUT2D eigenvalue weighted by molar-refractivity contribution is 5.90. The first-order valence-corrected chi connectivity index (χ1v) is 11.1. The van der Waals surface area contributed by atoms with Crippen molar-refractivity contribution in [1.29, 1.82) is 0 Å². The molecular weight excluding hydrogens is 386 g/mol. The number of benzene rings is 2. The minimum atomic E-state index is -0.301. The Morgan fingerprint density at radius 2 is 1.97 bits per heavy atom. The highest BCUT2D eigenvalue weighted by Gasteiger charge is 2.46. The van der Waals surface area contributed by atoms with E-state index >= 15 is 0 Å². The van der Waals surface area contributed by atoms with Crippen LogP contribution in [0.1, 0.15) is 64.2 Å². The van der Waals surface area contributed by atoms with Crippen molar-refractivity contribution in [2.24, 2.45) is 0 Å². The average Bonchev–Trinajstić information content (AvgIpc) is 3.65. The van der Waals surface area contributed by atoms with E-state index in [1.54, 1.807) is 18.5 Å². The summed E-state index contributed by atoms with van der Waals surface area (Å²) in [6.07, 6.45) is 8.54. The molecule has 0 amide bonds. The Bertz CT molecular complexity index is 1090. The van der Waals surface area contributed by atoms with Gasteiger partial charge in [0.2, 0.25) is 0 Å². The van der Waals surface area contributed by atoms with E-state index in [0.717, 1.165) is 37.2 Å². The summed E-state index contributed by atoms with van der Waals surface area (Å²) in [6, 6.07) is 19.4. The summed E-state index contributed by atoms with van der Waals surface area (Å²) >= 11 is 0. The molecule has 4 nitrogen and oxygen atoms in total. The zero-order chi connectivity index (χ0) is 21.3. The van der Waals surface area contributed by atoms with Crippen molar-refractivity contribution in [3.8, 4) is 5.75 Å². The maximum atomic E-state index is 12.1. The second-order valence-corrected chi connectivity index (χ2v) is 8.60. The van der Waals surface area contributed by atoms with Crippen LogP contribution < -0.4 is 4.74 Å². The number of hydrogen-bond donors (Lipinski definition) is 0. The molecule has 2 aromatic carbocycles. The molecule has 1 aliphatic carbocycles. The van der Waals surface area contributed by atoms with Crippen LogP contribution >= 0.6 is 0 Å². The van der Waals surface area contributed by atoms with Gasteiger partial charge in [-0.25, -0.2) is 4.79 Å². The van der Waals surface area contributed by atoms with Crippen LogP contribution in [-0.4, -0.2) is 24.7 Å². The summed E-state index contributed by atoms with van der Waals surface area (Å²) in [5.41, 5.74) is 5.74. The molecule has 1 aromatic heterocycles. The molecule has 31 heavy (non-hydrogen) atoms. The van der Waals surface area contributed by atoms with E-state index in [4.69, 9.17) is 9.47 Å². The van der Waals surface area contributed by atoms with Crippen molar-refractivity contribution in [2.75, 3.05) is 13.7 Å². The highest BCUT2D eigenvalue weighted by Crippen LogP contribution is 2.54. The van der Waals surface area contributed by atoms with E-state index in [0.29, 0.717) is 11.5 Å². The van der Waals surface area contributed by atoms with Gasteiger partial charge in [0.05, 0.1) is 19.3 Å². The van der Waals surface area contributed by atoms with Gasteiger partial charge in [-0.15, -0.1) is 0 Å². The number of carbonyl (C=O) groups excluding carboxylic acids is 1. The number of ether oxygens (including phenoxy) is 2. The monoisotopic (exact) mass is 413 g/mol. The van der Waals surface area contributed by atoms with Gasteiger partial charge in [-0.05, 0) is 72.4 Å². The molecule has 0 spiro atoms. The maximum Gasteiger partial charge on any atom is 0.338 e. The van der Waals surface area contributed by atoms with Gasteiger partial charge in [0.15, 0.2) is 0 Å². The van der Waals surface area contributed by atoms with Crippen LogP contribution in [0.3, 0.4) is 0 Å². The zero-order valence-electron chi connectivity index (χ0n) is 17.8. The molecule has 5 rings (SSSR count). The molecule has 1 fully saturated rings. The molecule has 0 N–H and O–H groups in total. The molecule has 0 radical (unpaired) electrons. The third-order valence-electron chi connectivity index (χ3n) is 6.88. The lowest BCUT2D eigenvalue weighted by Gasteiger charge is -2.28. The van der Waals surface area contributed by atoms with Crippen molar-refractivity contribution in [2.45, 2.75) is 43.4 Å².